The Labute approximate surface area is 119 Å². The van der Waals surface area contributed by atoms with Crippen LogP contribution < -0.4 is 4.74 Å². The summed E-state index contributed by atoms with van der Waals surface area (Å²) in [6.45, 7) is -0.904. The Morgan fingerprint density at radius 2 is 1.62 bits per heavy atom. The molecule has 0 radical (unpaired) electrons. The van der Waals surface area contributed by atoms with Crippen LogP contribution in [-0.2, 0) is 0 Å². The van der Waals surface area contributed by atoms with E-state index in [2.05, 4.69) is 0 Å². The first-order valence-corrected chi connectivity index (χ1v) is 6.38. The van der Waals surface area contributed by atoms with Crippen molar-refractivity contribution in [2.24, 2.45) is 0 Å². The second-order valence-electron chi connectivity index (χ2n) is 4.57. The molecule has 0 saturated heterocycles. The largest absolute Gasteiger partial charge is 0.507 e. The van der Waals surface area contributed by atoms with Gasteiger partial charge in [-0.3, -0.25) is 9.59 Å². The van der Waals surface area contributed by atoms with E-state index in [0.29, 0.717) is 0 Å². The highest BCUT2D eigenvalue weighted by atomic mass is 19.1. The topological polar surface area (TPSA) is 63.6 Å². The third-order valence-electron chi connectivity index (χ3n) is 3.35. The molecule has 0 aliphatic heterocycles. The molecule has 0 fully saturated rings. The smallest absolute Gasteiger partial charge is 0.201 e. The van der Waals surface area contributed by atoms with E-state index >= 15 is 0 Å². The van der Waals surface area contributed by atoms with Crippen LogP contribution in [0.3, 0.4) is 0 Å². The molecule has 1 aliphatic rings. The van der Waals surface area contributed by atoms with Crippen LogP contribution in [0.5, 0.6) is 11.5 Å². The van der Waals surface area contributed by atoms with Crippen LogP contribution in [0.2, 0.25) is 0 Å². The molecule has 0 heterocycles. The maximum absolute atomic E-state index is 12.6. The van der Waals surface area contributed by atoms with Gasteiger partial charge in [0.2, 0.25) is 5.78 Å². The predicted octanol–water partition coefficient (Wildman–Crippen LogP) is 2.52. The van der Waals surface area contributed by atoms with Crippen molar-refractivity contribution in [2.45, 2.75) is 0 Å². The Morgan fingerprint density at radius 3 is 2.33 bits per heavy atom. The zero-order chi connectivity index (χ0) is 15.0. The fourth-order valence-corrected chi connectivity index (χ4v) is 2.46. The molecule has 0 unspecified atom stereocenters. The fourth-order valence-electron chi connectivity index (χ4n) is 2.46. The minimum absolute atomic E-state index is 0.0358. The summed E-state index contributed by atoms with van der Waals surface area (Å²) in [6.07, 6.45) is 0. The van der Waals surface area contributed by atoms with Crippen molar-refractivity contribution < 1.29 is 23.8 Å². The highest BCUT2D eigenvalue weighted by molar-refractivity contribution is 6.30. The van der Waals surface area contributed by atoms with E-state index < -0.39 is 12.5 Å². The zero-order valence-corrected chi connectivity index (χ0v) is 10.9. The Kier molecular flexibility index (Phi) is 3.17. The minimum atomic E-state index is -0.701. The van der Waals surface area contributed by atoms with E-state index in [1.54, 1.807) is 6.07 Å². The molecule has 1 N–H and O–H groups in total. The highest BCUT2D eigenvalue weighted by Crippen LogP contribution is 2.36. The second kappa shape index (κ2) is 5.01. The first kappa shape index (κ1) is 13.3. The lowest BCUT2D eigenvalue weighted by molar-refractivity contribution is 0.0973. The van der Waals surface area contributed by atoms with Crippen LogP contribution in [0.4, 0.5) is 4.39 Å². The van der Waals surface area contributed by atoms with Crippen LogP contribution in [-0.4, -0.2) is 30.0 Å². The summed E-state index contributed by atoms with van der Waals surface area (Å²) in [5.41, 5.74) is 0.404. The number of halogens is 1. The predicted molar refractivity (Wildman–Crippen MR) is 72.9 cm³/mol. The second-order valence-corrected chi connectivity index (χ2v) is 4.57. The Bertz CT molecular complexity index is 752. The molecule has 5 heteroatoms. The van der Waals surface area contributed by atoms with Crippen molar-refractivity contribution in [3.05, 3.63) is 58.7 Å². The number of phenolic OH excluding ortho intramolecular Hbond substituents is 1. The van der Waals surface area contributed by atoms with E-state index in [9.17, 15) is 19.1 Å². The average molecular weight is 286 g/mol. The van der Waals surface area contributed by atoms with Crippen molar-refractivity contribution in [1.29, 1.82) is 0 Å². The quantitative estimate of drug-likeness (QED) is 0.803. The maximum atomic E-state index is 12.6. The monoisotopic (exact) mass is 286 g/mol. The van der Waals surface area contributed by atoms with Gasteiger partial charge in [0.1, 0.15) is 24.8 Å². The van der Waals surface area contributed by atoms with Crippen molar-refractivity contribution in [2.75, 3.05) is 13.3 Å². The third-order valence-corrected chi connectivity index (χ3v) is 3.35. The standard InChI is InChI=1S/C16H11FO4/c17-7-8-21-12-6-2-4-10-14(12)16(20)13-9(15(10)19)3-1-5-11(13)18/h1-6,18H,7-8H2. The lowest BCUT2D eigenvalue weighted by Crippen LogP contribution is -2.22. The summed E-state index contributed by atoms with van der Waals surface area (Å²) in [7, 11) is 0. The number of hydrogen-bond donors (Lipinski definition) is 1. The molecular weight excluding hydrogens is 275 g/mol. The van der Waals surface area contributed by atoms with E-state index in [4.69, 9.17) is 4.74 Å². The fraction of sp³-hybridized carbons (Fsp3) is 0.125. The van der Waals surface area contributed by atoms with Crippen LogP contribution in [0.1, 0.15) is 31.8 Å². The minimum Gasteiger partial charge on any atom is -0.507 e. The summed E-state index contributed by atoms with van der Waals surface area (Å²) in [4.78, 5) is 25.0. The summed E-state index contributed by atoms with van der Waals surface area (Å²) in [5, 5.41) is 9.86. The van der Waals surface area contributed by atoms with Gasteiger partial charge in [0.15, 0.2) is 5.78 Å². The van der Waals surface area contributed by atoms with Gasteiger partial charge in [0.25, 0.3) is 0 Å². The number of carbonyl (C=O) groups excluding carboxylic acids is 2. The van der Waals surface area contributed by atoms with Crippen LogP contribution in [0.15, 0.2) is 36.4 Å². The molecule has 0 amide bonds. The average Bonchev–Trinajstić information content (AvgIpc) is 2.50. The number of hydrogen-bond acceptors (Lipinski definition) is 4. The number of carbonyl (C=O) groups is 2. The van der Waals surface area contributed by atoms with Crippen LogP contribution >= 0.6 is 0 Å². The zero-order valence-electron chi connectivity index (χ0n) is 10.9. The summed E-state index contributed by atoms with van der Waals surface area (Å²) in [5.74, 6) is -0.956. The van der Waals surface area contributed by atoms with Gasteiger partial charge in [0, 0.05) is 11.1 Å². The number of benzene rings is 2. The lowest BCUT2D eigenvalue weighted by atomic mass is 9.83. The Morgan fingerprint density at radius 1 is 0.952 bits per heavy atom. The number of fused-ring (bicyclic) bond motifs is 2. The van der Waals surface area contributed by atoms with Crippen molar-refractivity contribution in [1.82, 2.24) is 0 Å². The Hall–Kier alpha value is -2.69. The molecule has 0 aromatic heterocycles. The summed E-state index contributed by atoms with van der Waals surface area (Å²) in [6, 6.07) is 8.95. The number of phenols is 1. The maximum Gasteiger partial charge on any atom is 0.201 e. The van der Waals surface area contributed by atoms with Crippen LogP contribution in [0.25, 0.3) is 0 Å². The van der Waals surface area contributed by atoms with Gasteiger partial charge in [-0.1, -0.05) is 24.3 Å². The van der Waals surface area contributed by atoms with Gasteiger partial charge < -0.3 is 9.84 Å². The molecule has 1 aliphatic carbocycles. The van der Waals surface area contributed by atoms with Crippen LogP contribution in [0, 0.1) is 0 Å². The molecule has 106 valence electrons. The normalized spacial score (nSPS) is 12.8. The van der Waals surface area contributed by atoms with E-state index in [1.165, 1.54) is 30.3 Å². The first-order valence-electron chi connectivity index (χ1n) is 6.38. The van der Waals surface area contributed by atoms with Gasteiger partial charge in [0.05, 0.1) is 11.1 Å². The number of ether oxygens (including phenoxy) is 1. The van der Waals surface area contributed by atoms with E-state index in [1.807, 2.05) is 0 Å². The molecule has 0 saturated carbocycles. The van der Waals surface area contributed by atoms with Crippen molar-refractivity contribution >= 4 is 11.6 Å². The van der Waals surface area contributed by atoms with Crippen molar-refractivity contribution in [3.63, 3.8) is 0 Å². The molecule has 3 rings (SSSR count). The molecule has 0 spiro atoms. The van der Waals surface area contributed by atoms with Gasteiger partial charge in [-0.15, -0.1) is 0 Å². The molecule has 2 aromatic rings. The summed E-state index contributed by atoms with van der Waals surface area (Å²) >= 11 is 0. The molecule has 21 heavy (non-hydrogen) atoms. The Balaban J connectivity index is 2.21. The van der Waals surface area contributed by atoms with Gasteiger partial charge in [-0.2, -0.15) is 0 Å². The molecule has 2 aromatic carbocycles. The third kappa shape index (κ3) is 1.98. The number of rotatable bonds is 3. The first-order chi connectivity index (χ1) is 10.1. The summed E-state index contributed by atoms with van der Waals surface area (Å²) < 4.78 is 17.5. The molecule has 0 atom stereocenters. The number of aromatic hydroxyl groups is 1. The van der Waals surface area contributed by atoms with Gasteiger partial charge in [-0.25, -0.2) is 4.39 Å². The molecule has 0 bridgehead atoms. The van der Waals surface area contributed by atoms with Gasteiger partial charge in [-0.05, 0) is 12.1 Å². The number of ketones is 2. The number of alkyl halides is 1. The van der Waals surface area contributed by atoms with Crippen molar-refractivity contribution in [3.8, 4) is 11.5 Å². The molecule has 4 nitrogen and oxygen atoms in total. The lowest BCUT2D eigenvalue weighted by Gasteiger charge is -2.20. The highest BCUT2D eigenvalue weighted by Gasteiger charge is 2.34. The molecular formula is C16H11FO4. The van der Waals surface area contributed by atoms with E-state index in [-0.39, 0.29) is 46.1 Å². The van der Waals surface area contributed by atoms with Gasteiger partial charge >= 0.3 is 0 Å². The van der Waals surface area contributed by atoms with E-state index in [0.717, 1.165) is 0 Å². The SMILES string of the molecule is O=C1c2cccc(O)c2C(=O)c2c(OCCF)cccc21.